The molecule has 34 heavy (non-hydrogen) atoms. The molecular formula is C24H18FN5O4. The first kappa shape index (κ1) is 21.1. The Hall–Kier alpha value is -4.73. The number of rotatable bonds is 5. The second kappa shape index (κ2) is 8.32. The number of nitrogens with zero attached hydrogens (tertiary/aromatic N) is 2. The SMILES string of the molecule is COc1ccc2c(=O)[nH]nc(Cc3ccc(F)c(-c4ccc5nc(OC(N)=O)[nH]c5c4)c3)c2c1. The first-order valence-corrected chi connectivity index (χ1v) is 10.2. The van der Waals surface area contributed by atoms with Crippen molar-refractivity contribution in [2.45, 2.75) is 6.42 Å². The summed E-state index contributed by atoms with van der Waals surface area (Å²) in [6.07, 6.45) is -0.629. The second-order valence-corrected chi connectivity index (χ2v) is 7.60. The van der Waals surface area contributed by atoms with Crippen molar-refractivity contribution in [3.63, 3.8) is 0 Å². The van der Waals surface area contributed by atoms with E-state index in [2.05, 4.69) is 20.2 Å². The lowest BCUT2D eigenvalue weighted by atomic mass is 9.98. The molecule has 5 aromatic rings. The molecule has 0 bridgehead atoms. The molecule has 0 aliphatic heterocycles. The van der Waals surface area contributed by atoms with Gasteiger partial charge in [-0.25, -0.2) is 14.3 Å². The number of amides is 1. The van der Waals surface area contributed by atoms with Gasteiger partial charge in [-0.1, -0.05) is 12.1 Å². The highest BCUT2D eigenvalue weighted by Crippen LogP contribution is 2.29. The van der Waals surface area contributed by atoms with Crippen LogP contribution in [0.15, 0.2) is 59.4 Å². The van der Waals surface area contributed by atoms with E-state index in [9.17, 15) is 14.0 Å². The molecular weight excluding hydrogens is 441 g/mol. The van der Waals surface area contributed by atoms with E-state index in [0.717, 1.165) is 5.56 Å². The number of fused-ring (bicyclic) bond motifs is 2. The van der Waals surface area contributed by atoms with Gasteiger partial charge in [0.1, 0.15) is 11.6 Å². The molecule has 0 radical (unpaired) electrons. The van der Waals surface area contributed by atoms with E-state index in [4.69, 9.17) is 15.2 Å². The van der Waals surface area contributed by atoms with Crippen LogP contribution in [0.5, 0.6) is 11.8 Å². The number of aromatic nitrogens is 4. The molecule has 0 aliphatic carbocycles. The molecule has 170 valence electrons. The number of nitrogens with two attached hydrogens (primary N) is 1. The lowest BCUT2D eigenvalue weighted by Crippen LogP contribution is -2.16. The van der Waals surface area contributed by atoms with Crippen LogP contribution in [-0.2, 0) is 6.42 Å². The van der Waals surface area contributed by atoms with E-state index in [1.807, 2.05) is 0 Å². The Bertz CT molecular complexity index is 1630. The Labute approximate surface area is 191 Å². The number of H-pyrrole nitrogens is 2. The third-order valence-electron chi connectivity index (χ3n) is 5.45. The van der Waals surface area contributed by atoms with E-state index in [0.29, 0.717) is 50.8 Å². The van der Waals surface area contributed by atoms with E-state index >= 15 is 0 Å². The number of aromatic amines is 2. The molecule has 0 fully saturated rings. The number of ether oxygens (including phenoxy) is 2. The number of halogens is 1. The van der Waals surface area contributed by atoms with Crippen LogP contribution in [0.2, 0.25) is 0 Å². The summed E-state index contributed by atoms with van der Waals surface area (Å²) in [6.45, 7) is 0. The van der Waals surface area contributed by atoms with E-state index in [-0.39, 0.29) is 11.6 Å². The van der Waals surface area contributed by atoms with Crippen molar-refractivity contribution < 1.29 is 18.7 Å². The minimum Gasteiger partial charge on any atom is -0.497 e. The van der Waals surface area contributed by atoms with E-state index in [1.54, 1.807) is 55.6 Å². The van der Waals surface area contributed by atoms with Gasteiger partial charge in [0.2, 0.25) is 0 Å². The normalized spacial score (nSPS) is 11.1. The molecule has 5 rings (SSSR count). The summed E-state index contributed by atoms with van der Waals surface area (Å²) in [5, 5.41) is 7.89. The van der Waals surface area contributed by atoms with Crippen LogP contribution in [0.1, 0.15) is 11.3 Å². The fraction of sp³-hybridized carbons (Fsp3) is 0.0833. The molecule has 9 nitrogen and oxygen atoms in total. The highest BCUT2D eigenvalue weighted by atomic mass is 19.1. The molecule has 0 saturated heterocycles. The molecule has 0 aliphatic rings. The maximum atomic E-state index is 14.8. The zero-order valence-corrected chi connectivity index (χ0v) is 17.9. The van der Waals surface area contributed by atoms with Crippen LogP contribution in [0.25, 0.3) is 32.9 Å². The maximum Gasteiger partial charge on any atom is 0.412 e. The quantitative estimate of drug-likeness (QED) is 0.367. The van der Waals surface area contributed by atoms with Crippen molar-refractivity contribution in [3.8, 4) is 22.9 Å². The number of nitrogens with one attached hydrogen (secondary N) is 2. The van der Waals surface area contributed by atoms with Crippen molar-refractivity contribution in [1.82, 2.24) is 20.2 Å². The lowest BCUT2D eigenvalue weighted by Gasteiger charge is -2.10. The van der Waals surface area contributed by atoms with Crippen molar-refractivity contribution in [2.75, 3.05) is 7.11 Å². The van der Waals surface area contributed by atoms with E-state index < -0.39 is 11.9 Å². The minimum absolute atomic E-state index is 0.0414. The van der Waals surface area contributed by atoms with Crippen LogP contribution in [0, 0.1) is 5.82 Å². The molecule has 0 unspecified atom stereocenters. The molecule has 0 atom stereocenters. The zero-order valence-electron chi connectivity index (χ0n) is 17.9. The molecule has 3 aromatic carbocycles. The molecule has 2 heterocycles. The second-order valence-electron chi connectivity index (χ2n) is 7.60. The summed E-state index contributed by atoms with van der Waals surface area (Å²) >= 11 is 0. The molecule has 10 heteroatoms. The number of benzene rings is 3. The first-order chi connectivity index (χ1) is 16.4. The molecule has 4 N–H and O–H groups in total. The third kappa shape index (κ3) is 3.92. The Morgan fingerprint density at radius 1 is 1.09 bits per heavy atom. The van der Waals surface area contributed by atoms with Gasteiger partial charge in [-0.3, -0.25) is 4.79 Å². The van der Waals surface area contributed by atoms with E-state index in [1.165, 1.54) is 6.07 Å². The summed E-state index contributed by atoms with van der Waals surface area (Å²) in [6, 6.07) is 15.0. The zero-order chi connectivity index (χ0) is 23.8. The third-order valence-corrected chi connectivity index (χ3v) is 5.45. The summed E-state index contributed by atoms with van der Waals surface area (Å²) < 4.78 is 24.8. The smallest absolute Gasteiger partial charge is 0.412 e. The first-order valence-electron chi connectivity index (χ1n) is 10.2. The maximum absolute atomic E-state index is 14.8. The minimum atomic E-state index is -0.987. The van der Waals surface area contributed by atoms with Crippen molar-refractivity contribution in [3.05, 3.63) is 82.0 Å². The predicted octanol–water partition coefficient (Wildman–Crippen LogP) is 3.66. The number of methoxy groups -OCH3 is 1. The van der Waals surface area contributed by atoms with Gasteiger partial charge < -0.3 is 20.2 Å². The summed E-state index contributed by atoms with van der Waals surface area (Å²) in [4.78, 5) is 30.1. The van der Waals surface area contributed by atoms with Gasteiger partial charge >= 0.3 is 12.1 Å². The summed E-state index contributed by atoms with van der Waals surface area (Å²) in [5.41, 5.74) is 8.21. The van der Waals surface area contributed by atoms with Crippen LogP contribution >= 0.6 is 0 Å². The number of hydrogen-bond donors (Lipinski definition) is 3. The monoisotopic (exact) mass is 459 g/mol. The van der Waals surface area contributed by atoms with Gasteiger partial charge in [0.15, 0.2) is 0 Å². The van der Waals surface area contributed by atoms with Gasteiger partial charge in [0.25, 0.3) is 5.56 Å². The van der Waals surface area contributed by atoms with Crippen molar-refractivity contribution >= 4 is 27.9 Å². The highest BCUT2D eigenvalue weighted by molar-refractivity contribution is 5.86. The van der Waals surface area contributed by atoms with Gasteiger partial charge in [-0.2, -0.15) is 10.1 Å². The van der Waals surface area contributed by atoms with Gasteiger partial charge in [-0.15, -0.1) is 0 Å². The van der Waals surface area contributed by atoms with Gasteiger partial charge in [0, 0.05) is 17.4 Å². The van der Waals surface area contributed by atoms with Crippen LogP contribution < -0.4 is 20.8 Å². The Kier molecular flexibility index (Phi) is 5.17. The number of primary amides is 1. The van der Waals surface area contributed by atoms with Gasteiger partial charge in [-0.05, 0) is 53.6 Å². The molecule has 1 amide bonds. The highest BCUT2D eigenvalue weighted by Gasteiger charge is 2.13. The predicted molar refractivity (Wildman–Crippen MR) is 123 cm³/mol. The van der Waals surface area contributed by atoms with Crippen LogP contribution in [-0.4, -0.2) is 33.4 Å². The Balaban J connectivity index is 1.53. The van der Waals surface area contributed by atoms with Crippen LogP contribution in [0.4, 0.5) is 9.18 Å². The average Bonchev–Trinajstić information content (AvgIpc) is 3.22. The van der Waals surface area contributed by atoms with Crippen molar-refractivity contribution in [1.29, 1.82) is 0 Å². The van der Waals surface area contributed by atoms with Gasteiger partial charge in [0.05, 0.1) is 29.2 Å². The number of imidazole rings is 1. The number of hydrogen-bond acceptors (Lipinski definition) is 6. The fourth-order valence-corrected chi connectivity index (χ4v) is 3.85. The molecule has 0 saturated carbocycles. The summed E-state index contributed by atoms with van der Waals surface area (Å²) in [5.74, 6) is 0.200. The Morgan fingerprint density at radius 3 is 2.74 bits per heavy atom. The topological polar surface area (TPSA) is 136 Å². The summed E-state index contributed by atoms with van der Waals surface area (Å²) in [7, 11) is 1.55. The average molecular weight is 459 g/mol. The fourth-order valence-electron chi connectivity index (χ4n) is 3.85. The molecule has 2 aromatic heterocycles. The lowest BCUT2D eigenvalue weighted by molar-refractivity contribution is 0.207. The molecule has 0 spiro atoms. The van der Waals surface area contributed by atoms with Crippen LogP contribution in [0.3, 0.4) is 0 Å². The Morgan fingerprint density at radius 2 is 1.94 bits per heavy atom. The standard InChI is InChI=1S/C24H18FN5O4/c1-33-14-4-5-15-17(11-14)20(29-30-22(15)31)9-12-2-6-18(25)16(8-12)13-3-7-19-21(10-13)28-24(27-19)34-23(26)32/h2-8,10-11H,9H2,1H3,(H2,26,32)(H,27,28)(H,30,31). The number of carbonyl (C=O) groups excluding carboxylic acids is 1. The number of carbonyl (C=O) groups is 1. The van der Waals surface area contributed by atoms with Crippen molar-refractivity contribution in [2.24, 2.45) is 5.73 Å². The largest absolute Gasteiger partial charge is 0.497 e.